The lowest BCUT2D eigenvalue weighted by Crippen LogP contribution is -2.35. The Hall–Kier alpha value is -4.16. The predicted octanol–water partition coefficient (Wildman–Crippen LogP) is 4.82. The highest BCUT2D eigenvalue weighted by molar-refractivity contribution is 7.92. The van der Waals surface area contributed by atoms with E-state index < -0.39 is 21.9 Å². The van der Waals surface area contributed by atoms with Gasteiger partial charge in [-0.2, -0.15) is 0 Å². The topological polar surface area (TPSA) is 127 Å². The summed E-state index contributed by atoms with van der Waals surface area (Å²) in [4.78, 5) is 18.1. The zero-order chi connectivity index (χ0) is 25.9. The van der Waals surface area contributed by atoms with E-state index in [1.54, 1.807) is 18.2 Å². The number of aromatic nitrogens is 2. The molecule has 4 aromatic rings. The molecule has 0 bridgehead atoms. The second-order valence-corrected chi connectivity index (χ2v) is 9.33. The molecule has 2 aromatic carbocycles. The quantitative estimate of drug-likeness (QED) is 0.350. The fourth-order valence-corrected chi connectivity index (χ4v) is 4.51. The van der Waals surface area contributed by atoms with Crippen LogP contribution in [0.2, 0.25) is 5.02 Å². The van der Waals surface area contributed by atoms with Crippen LogP contribution >= 0.6 is 11.6 Å². The minimum atomic E-state index is -4.00. The zero-order valence-electron chi connectivity index (χ0n) is 18.9. The van der Waals surface area contributed by atoms with Gasteiger partial charge < -0.3 is 14.6 Å². The maximum Gasteiger partial charge on any atom is 0.327 e. The highest BCUT2D eigenvalue weighted by atomic mass is 35.5. The van der Waals surface area contributed by atoms with Gasteiger partial charge in [-0.05, 0) is 42.0 Å². The fraction of sp³-hybridized carbons (Fsp3) is 0.0870. The molecule has 2 amide bonds. The molecule has 0 aliphatic rings. The van der Waals surface area contributed by atoms with Crippen LogP contribution in [-0.4, -0.2) is 38.7 Å². The van der Waals surface area contributed by atoms with Crippen LogP contribution in [0.5, 0.6) is 5.75 Å². The maximum atomic E-state index is 13.4. The Bertz CT molecular complexity index is 1480. The van der Waals surface area contributed by atoms with Crippen LogP contribution in [0.15, 0.2) is 76.5 Å². The van der Waals surface area contributed by atoms with E-state index in [9.17, 15) is 17.6 Å². The Labute approximate surface area is 210 Å². The number of urea groups is 1. The van der Waals surface area contributed by atoms with Crippen molar-refractivity contribution in [1.29, 1.82) is 0 Å². The van der Waals surface area contributed by atoms with Gasteiger partial charge in [-0.1, -0.05) is 28.9 Å². The molecular weight excluding hydrogens is 513 g/mol. The van der Waals surface area contributed by atoms with Gasteiger partial charge in [0.25, 0.3) is 10.0 Å². The van der Waals surface area contributed by atoms with E-state index in [1.165, 1.54) is 61.7 Å². The van der Waals surface area contributed by atoms with Crippen molar-refractivity contribution >= 4 is 45.0 Å². The molecule has 0 atom stereocenters. The number of hydrogen-bond acceptors (Lipinski definition) is 7. The van der Waals surface area contributed by atoms with Crippen molar-refractivity contribution < 1.29 is 26.9 Å². The maximum absolute atomic E-state index is 13.4. The van der Waals surface area contributed by atoms with E-state index in [0.717, 1.165) is 6.20 Å². The molecule has 2 aromatic heterocycles. The van der Waals surface area contributed by atoms with Crippen LogP contribution < -0.4 is 19.7 Å². The smallest absolute Gasteiger partial charge is 0.327 e. The zero-order valence-corrected chi connectivity index (χ0v) is 20.5. The molecule has 4 rings (SSSR count). The molecule has 0 fully saturated rings. The summed E-state index contributed by atoms with van der Waals surface area (Å²) >= 11 is 6.54. The molecule has 0 saturated heterocycles. The van der Waals surface area contributed by atoms with Crippen molar-refractivity contribution in [3.8, 4) is 16.9 Å². The first-order valence-electron chi connectivity index (χ1n) is 10.3. The van der Waals surface area contributed by atoms with E-state index in [-0.39, 0.29) is 33.0 Å². The molecule has 13 heteroatoms. The Morgan fingerprint density at radius 3 is 2.47 bits per heavy atom. The minimum Gasteiger partial charge on any atom is -0.495 e. The normalized spacial score (nSPS) is 11.1. The van der Waals surface area contributed by atoms with E-state index in [0.29, 0.717) is 11.1 Å². The van der Waals surface area contributed by atoms with Crippen molar-refractivity contribution in [3.63, 3.8) is 0 Å². The van der Waals surface area contributed by atoms with Crippen molar-refractivity contribution in [1.82, 2.24) is 15.5 Å². The molecule has 0 saturated carbocycles. The third-order valence-electron chi connectivity index (χ3n) is 5.02. The summed E-state index contributed by atoms with van der Waals surface area (Å²) in [5.41, 5.74) is 1.45. The molecule has 0 aliphatic heterocycles. The second-order valence-electron chi connectivity index (χ2n) is 7.24. The number of halogens is 2. The molecule has 0 radical (unpaired) electrons. The van der Waals surface area contributed by atoms with Gasteiger partial charge in [0.2, 0.25) is 0 Å². The average Bonchev–Trinajstić information content (AvgIpc) is 3.37. The van der Waals surface area contributed by atoms with Crippen molar-refractivity contribution in [2.75, 3.05) is 23.8 Å². The fourth-order valence-electron chi connectivity index (χ4n) is 3.31. The van der Waals surface area contributed by atoms with Crippen molar-refractivity contribution in [2.45, 2.75) is 4.90 Å². The molecule has 0 unspecified atom stereocenters. The summed E-state index contributed by atoms with van der Waals surface area (Å²) in [6.07, 6.45) is 2.31. The number of methoxy groups -OCH3 is 1. The van der Waals surface area contributed by atoms with Gasteiger partial charge in [0.15, 0.2) is 5.82 Å². The average molecular weight is 532 g/mol. The van der Waals surface area contributed by atoms with Crippen molar-refractivity contribution in [2.24, 2.45) is 0 Å². The summed E-state index contributed by atoms with van der Waals surface area (Å²) in [7, 11) is -1.16. The van der Waals surface area contributed by atoms with Crippen LogP contribution in [0.3, 0.4) is 0 Å². The number of ether oxygens (including phenoxy) is 1. The van der Waals surface area contributed by atoms with Crippen LogP contribution in [-0.2, 0) is 10.0 Å². The largest absolute Gasteiger partial charge is 0.495 e. The Morgan fingerprint density at radius 1 is 1.14 bits per heavy atom. The standard InChI is InChI=1S/C23H19ClFN5O5S/c1-26-23(31)30(22-8-7-16(13-27-22)36(32,33)29-21-9-10-35-28-21)19-12-18(24)17(11-20(19)34-2)14-3-5-15(25)6-4-14/h3-13H,1-2H3,(H,26,31)(H,28,29). The van der Waals surface area contributed by atoms with Crippen LogP contribution in [0.1, 0.15) is 0 Å². The van der Waals surface area contributed by atoms with Gasteiger partial charge in [0, 0.05) is 24.9 Å². The van der Waals surface area contributed by atoms with Crippen molar-refractivity contribution in [3.05, 3.63) is 77.9 Å². The number of amides is 2. The molecule has 0 aliphatic carbocycles. The number of nitrogens with zero attached hydrogens (tertiary/aromatic N) is 3. The summed E-state index contributed by atoms with van der Waals surface area (Å²) in [5.74, 6) is -0.0177. The number of pyridine rings is 1. The number of hydrogen-bond donors (Lipinski definition) is 2. The number of nitrogens with one attached hydrogen (secondary N) is 2. The lowest BCUT2D eigenvalue weighted by Gasteiger charge is -2.24. The number of rotatable bonds is 7. The van der Waals surface area contributed by atoms with Gasteiger partial charge in [0.1, 0.15) is 28.5 Å². The molecule has 36 heavy (non-hydrogen) atoms. The highest BCUT2D eigenvalue weighted by Gasteiger charge is 2.25. The SMILES string of the molecule is CNC(=O)N(c1ccc(S(=O)(=O)Nc2ccon2)cn1)c1cc(Cl)c(-c2ccc(F)cc2)cc1OC. The third kappa shape index (κ3) is 5.09. The summed E-state index contributed by atoms with van der Waals surface area (Å²) in [5, 5.41) is 6.30. The first kappa shape index (κ1) is 24.9. The summed E-state index contributed by atoms with van der Waals surface area (Å²) in [6.45, 7) is 0. The lowest BCUT2D eigenvalue weighted by molar-refractivity contribution is 0.250. The van der Waals surface area contributed by atoms with E-state index >= 15 is 0 Å². The molecule has 10 nitrogen and oxygen atoms in total. The Morgan fingerprint density at radius 2 is 1.89 bits per heavy atom. The molecule has 2 heterocycles. The number of anilines is 3. The number of benzene rings is 2. The minimum absolute atomic E-state index is 0.00619. The van der Waals surface area contributed by atoms with Crippen LogP contribution in [0.4, 0.5) is 26.5 Å². The molecule has 0 spiro atoms. The van der Waals surface area contributed by atoms with Gasteiger partial charge in [-0.3, -0.25) is 4.72 Å². The first-order valence-corrected chi connectivity index (χ1v) is 12.1. The van der Waals surface area contributed by atoms with Crippen LogP contribution in [0.25, 0.3) is 11.1 Å². The number of carbonyl (C=O) groups is 1. The Kier molecular flexibility index (Phi) is 7.08. The number of carbonyl (C=O) groups excluding carboxylic acids is 1. The monoisotopic (exact) mass is 531 g/mol. The Balaban J connectivity index is 1.73. The van der Waals surface area contributed by atoms with Gasteiger partial charge in [-0.15, -0.1) is 0 Å². The highest BCUT2D eigenvalue weighted by Crippen LogP contribution is 2.41. The predicted molar refractivity (Wildman–Crippen MR) is 132 cm³/mol. The van der Waals surface area contributed by atoms with Gasteiger partial charge in [-0.25, -0.2) is 27.5 Å². The molecular formula is C23H19ClFN5O5S. The molecule has 2 N–H and O–H groups in total. The van der Waals surface area contributed by atoms with E-state index in [1.807, 2.05) is 0 Å². The third-order valence-corrected chi connectivity index (χ3v) is 6.67. The van der Waals surface area contributed by atoms with E-state index in [2.05, 4.69) is 24.7 Å². The summed E-state index contributed by atoms with van der Waals surface area (Å²) < 4.78 is 50.9. The first-order chi connectivity index (χ1) is 17.2. The molecule has 186 valence electrons. The summed E-state index contributed by atoms with van der Waals surface area (Å²) in [6, 6.07) is 12.3. The van der Waals surface area contributed by atoms with Gasteiger partial charge >= 0.3 is 6.03 Å². The lowest BCUT2D eigenvalue weighted by atomic mass is 10.0. The second kappa shape index (κ2) is 10.2. The van der Waals surface area contributed by atoms with Gasteiger partial charge in [0.05, 0.1) is 17.8 Å². The van der Waals surface area contributed by atoms with Crippen LogP contribution in [0, 0.1) is 5.82 Å². The number of sulfonamides is 1. The van der Waals surface area contributed by atoms with E-state index in [4.69, 9.17) is 16.3 Å².